The normalized spacial score (nSPS) is 31.3. The van der Waals surface area contributed by atoms with Gasteiger partial charge in [0, 0.05) is 5.41 Å². The molecule has 7 rings (SSSR count). The van der Waals surface area contributed by atoms with Gasteiger partial charge in [-0.3, -0.25) is 0 Å². The summed E-state index contributed by atoms with van der Waals surface area (Å²) in [6.45, 7) is 0. The molecule has 3 aromatic rings. The first-order chi connectivity index (χ1) is 17.3. The molecular formula is C27H27ClN4O3S. The second kappa shape index (κ2) is 7.66. The number of aromatic nitrogens is 2. The van der Waals surface area contributed by atoms with Gasteiger partial charge in [0.2, 0.25) is 15.9 Å². The van der Waals surface area contributed by atoms with Crippen molar-refractivity contribution in [3.8, 4) is 11.6 Å². The summed E-state index contributed by atoms with van der Waals surface area (Å²) in [5.41, 5.74) is 2.67. The number of benzene rings is 2. The Hall–Kier alpha value is -2.68. The minimum Gasteiger partial charge on any atom is -0.436 e. The predicted octanol–water partition coefficient (Wildman–Crippen LogP) is 5.65. The minimum atomic E-state index is -3.62. The number of sulfonamides is 1. The van der Waals surface area contributed by atoms with E-state index in [1.165, 1.54) is 63.2 Å². The van der Waals surface area contributed by atoms with Crippen molar-refractivity contribution in [3.05, 3.63) is 65.4 Å². The Labute approximate surface area is 215 Å². The highest BCUT2D eigenvalue weighted by molar-refractivity contribution is 7.89. The van der Waals surface area contributed by atoms with Gasteiger partial charge in [-0.25, -0.2) is 23.1 Å². The van der Waals surface area contributed by atoms with Crippen LogP contribution in [0.25, 0.3) is 0 Å². The Balaban J connectivity index is 1.07. The molecule has 7 nitrogen and oxygen atoms in total. The van der Waals surface area contributed by atoms with E-state index in [1.807, 2.05) is 6.07 Å². The first-order valence-electron chi connectivity index (χ1n) is 12.4. The summed E-state index contributed by atoms with van der Waals surface area (Å²) in [5, 5.41) is 3.60. The molecule has 186 valence electrons. The van der Waals surface area contributed by atoms with Gasteiger partial charge in [-0.05, 0) is 92.1 Å². The summed E-state index contributed by atoms with van der Waals surface area (Å²) in [5.74, 6) is 4.07. The van der Waals surface area contributed by atoms with Gasteiger partial charge in [0.1, 0.15) is 16.5 Å². The molecule has 2 bridgehead atoms. The molecule has 1 aromatic heterocycles. The van der Waals surface area contributed by atoms with Gasteiger partial charge in [0.05, 0.1) is 23.1 Å². The zero-order valence-electron chi connectivity index (χ0n) is 19.9. The molecule has 1 heterocycles. The Morgan fingerprint density at radius 3 is 2.47 bits per heavy atom. The number of ether oxygens (including phenoxy) is 1. The second-order valence-corrected chi connectivity index (χ2v) is 13.0. The van der Waals surface area contributed by atoms with Crippen LogP contribution in [0, 0.1) is 23.2 Å². The number of halogens is 1. The number of hydrogen-bond acceptors (Lipinski definition) is 6. The van der Waals surface area contributed by atoms with E-state index in [9.17, 15) is 8.42 Å². The summed E-state index contributed by atoms with van der Waals surface area (Å²) in [4.78, 5) is 8.80. The molecule has 0 saturated heterocycles. The maximum Gasteiger partial charge on any atom is 0.242 e. The van der Waals surface area contributed by atoms with Crippen LogP contribution in [-0.4, -0.2) is 25.4 Å². The van der Waals surface area contributed by atoms with Crippen LogP contribution in [0.15, 0.2) is 59.8 Å². The lowest BCUT2D eigenvalue weighted by atomic mass is 9.29. The smallest absolute Gasteiger partial charge is 0.242 e. The monoisotopic (exact) mass is 522 g/mol. The van der Waals surface area contributed by atoms with E-state index in [-0.39, 0.29) is 4.90 Å². The SMILES string of the molecule is CNS(=O)(=O)c1ccccc1Nc1cnc(Oc2ccc(C34CC5CC6CC(C3)C54C6)cc2Cl)cn1. The maximum absolute atomic E-state index is 12.3. The third-order valence-electron chi connectivity index (χ3n) is 9.44. The lowest BCUT2D eigenvalue weighted by Crippen LogP contribution is -2.70. The van der Waals surface area contributed by atoms with Crippen molar-refractivity contribution in [2.24, 2.45) is 23.2 Å². The fourth-order valence-electron chi connectivity index (χ4n) is 8.17. The third-order valence-corrected chi connectivity index (χ3v) is 11.2. The van der Waals surface area contributed by atoms with Gasteiger partial charge in [-0.1, -0.05) is 29.8 Å². The summed E-state index contributed by atoms with van der Waals surface area (Å²) in [6.07, 6.45) is 9.91. The molecule has 4 aliphatic rings. The van der Waals surface area contributed by atoms with Crippen LogP contribution in [0.1, 0.15) is 37.7 Å². The van der Waals surface area contributed by atoms with Crippen molar-refractivity contribution in [2.45, 2.75) is 42.4 Å². The van der Waals surface area contributed by atoms with E-state index in [0.29, 0.717) is 39.0 Å². The van der Waals surface area contributed by atoms with Crippen LogP contribution < -0.4 is 14.8 Å². The number of para-hydroxylation sites is 1. The van der Waals surface area contributed by atoms with E-state index in [4.69, 9.17) is 16.3 Å². The molecule has 4 saturated carbocycles. The molecule has 2 unspecified atom stereocenters. The molecule has 4 fully saturated rings. The van der Waals surface area contributed by atoms with Gasteiger partial charge < -0.3 is 10.1 Å². The van der Waals surface area contributed by atoms with Gasteiger partial charge in [-0.2, -0.15) is 0 Å². The van der Waals surface area contributed by atoms with E-state index >= 15 is 0 Å². The molecule has 4 aliphatic carbocycles. The van der Waals surface area contributed by atoms with Crippen molar-refractivity contribution in [1.29, 1.82) is 0 Å². The first kappa shape index (κ1) is 22.5. The average Bonchev–Trinajstić information content (AvgIpc) is 3.39. The van der Waals surface area contributed by atoms with Crippen molar-refractivity contribution >= 4 is 33.1 Å². The van der Waals surface area contributed by atoms with Crippen LogP contribution >= 0.6 is 11.6 Å². The molecule has 2 atom stereocenters. The fourth-order valence-corrected chi connectivity index (χ4v) is 9.27. The molecular weight excluding hydrogens is 496 g/mol. The number of rotatable bonds is 7. The maximum atomic E-state index is 12.3. The van der Waals surface area contributed by atoms with Crippen molar-refractivity contribution in [1.82, 2.24) is 14.7 Å². The lowest BCUT2D eigenvalue weighted by molar-refractivity contribution is -0.205. The highest BCUT2D eigenvalue weighted by Gasteiger charge is 2.81. The van der Waals surface area contributed by atoms with E-state index in [2.05, 4.69) is 32.1 Å². The highest BCUT2D eigenvalue weighted by atomic mass is 35.5. The predicted molar refractivity (Wildman–Crippen MR) is 137 cm³/mol. The lowest BCUT2D eigenvalue weighted by Gasteiger charge is -2.75. The molecule has 0 aliphatic heterocycles. The molecule has 2 N–H and O–H groups in total. The highest BCUT2D eigenvalue weighted by Crippen LogP contribution is 2.86. The minimum absolute atomic E-state index is 0.127. The Bertz CT molecular complexity index is 1460. The zero-order valence-corrected chi connectivity index (χ0v) is 21.4. The van der Waals surface area contributed by atoms with E-state index in [1.54, 1.807) is 18.2 Å². The van der Waals surface area contributed by atoms with E-state index in [0.717, 1.165) is 17.8 Å². The van der Waals surface area contributed by atoms with Crippen LogP contribution in [0.2, 0.25) is 5.02 Å². The molecule has 0 amide bonds. The van der Waals surface area contributed by atoms with Gasteiger partial charge in [0.15, 0.2) is 0 Å². The van der Waals surface area contributed by atoms with E-state index < -0.39 is 10.0 Å². The molecule has 36 heavy (non-hydrogen) atoms. The molecule has 1 spiro atoms. The molecule has 9 heteroatoms. The standard InChI is InChI=1S/C27H27ClN4O3S/c1-29-36(33,34)23-5-3-2-4-21(23)32-24-14-31-25(15-30-24)35-22-7-6-17(10-20(22)28)26-12-18-8-16-9-19(13-26)27(18,26)11-16/h2-7,10,14-16,18-19,29H,8-9,11-13H2,1H3,(H,30,32). The van der Waals surface area contributed by atoms with Gasteiger partial charge >= 0.3 is 0 Å². The topological polar surface area (TPSA) is 93.2 Å². The number of nitrogens with one attached hydrogen (secondary N) is 2. The quantitative estimate of drug-likeness (QED) is 0.416. The van der Waals surface area contributed by atoms with Gasteiger partial charge in [0.25, 0.3) is 0 Å². The Morgan fingerprint density at radius 1 is 1.03 bits per heavy atom. The number of hydrogen-bond donors (Lipinski definition) is 2. The summed E-state index contributed by atoms with van der Waals surface area (Å²) in [6, 6.07) is 12.9. The Morgan fingerprint density at radius 2 is 1.81 bits per heavy atom. The zero-order chi connectivity index (χ0) is 24.7. The number of fused-ring (bicyclic) bond motifs is 1. The van der Waals surface area contributed by atoms with Gasteiger partial charge in [-0.15, -0.1) is 0 Å². The van der Waals surface area contributed by atoms with Crippen molar-refractivity contribution in [3.63, 3.8) is 0 Å². The van der Waals surface area contributed by atoms with Crippen LogP contribution in [0.4, 0.5) is 11.5 Å². The molecule has 2 aromatic carbocycles. The third kappa shape index (κ3) is 2.98. The van der Waals surface area contributed by atoms with Crippen molar-refractivity contribution in [2.75, 3.05) is 12.4 Å². The summed E-state index contributed by atoms with van der Waals surface area (Å²) < 4.78 is 32.8. The summed E-state index contributed by atoms with van der Waals surface area (Å²) in [7, 11) is -2.25. The number of nitrogens with zero attached hydrogens (tertiary/aromatic N) is 2. The fraction of sp³-hybridized carbons (Fsp3) is 0.407. The Kier molecular flexibility index (Phi) is 4.79. The average molecular weight is 523 g/mol. The van der Waals surface area contributed by atoms with Crippen LogP contribution in [0.3, 0.4) is 0 Å². The molecule has 0 radical (unpaired) electrons. The van der Waals surface area contributed by atoms with Crippen LogP contribution in [0.5, 0.6) is 11.6 Å². The second-order valence-electron chi connectivity index (χ2n) is 10.8. The largest absolute Gasteiger partial charge is 0.436 e. The summed E-state index contributed by atoms with van der Waals surface area (Å²) >= 11 is 6.69. The van der Waals surface area contributed by atoms with Crippen LogP contribution in [-0.2, 0) is 15.4 Å². The van der Waals surface area contributed by atoms with Crippen molar-refractivity contribution < 1.29 is 13.2 Å². The number of anilines is 2. The first-order valence-corrected chi connectivity index (χ1v) is 14.3.